The zero-order valence-electron chi connectivity index (χ0n) is 20.4. The maximum Gasteiger partial charge on any atom is 0.268 e. The van der Waals surface area contributed by atoms with E-state index in [9.17, 15) is 17.6 Å². The quantitative estimate of drug-likeness (QED) is 0.218. The lowest BCUT2D eigenvalue weighted by atomic mass is 9.90. The number of hydrogen-bond donors (Lipinski definition) is 4. The Morgan fingerprint density at radius 3 is 2.70 bits per heavy atom. The first-order valence-corrected chi connectivity index (χ1v) is 11.7. The van der Waals surface area contributed by atoms with Crippen LogP contribution < -0.4 is 16.0 Å². The van der Waals surface area contributed by atoms with Crippen LogP contribution in [0.4, 0.5) is 40.8 Å². The average Bonchev–Trinajstić information content (AvgIpc) is 3.26. The molecule has 1 fully saturated rings. The summed E-state index contributed by atoms with van der Waals surface area (Å²) < 4.78 is 56.2. The van der Waals surface area contributed by atoms with Crippen LogP contribution in [0.15, 0.2) is 41.8 Å². The first-order valence-electron chi connectivity index (χ1n) is 11.7. The van der Waals surface area contributed by atoms with Gasteiger partial charge in [-0.25, -0.2) is 32.6 Å². The number of allylic oxidation sites excluding steroid dienone is 1. The molecule has 0 aromatic carbocycles. The van der Waals surface area contributed by atoms with Crippen LogP contribution in [-0.4, -0.2) is 70.1 Å². The Kier molecular flexibility index (Phi) is 7.57. The fraction of sp³-hybridized carbons (Fsp3) is 0.435. The number of pyridine rings is 1. The summed E-state index contributed by atoms with van der Waals surface area (Å²) in [6.45, 7) is 5.76. The highest BCUT2D eigenvalue weighted by atomic mass is 19.3. The number of nitrogens with one attached hydrogen (secondary N) is 4. The number of alkyl halides is 4. The number of piperidine rings is 1. The molecule has 0 aliphatic carbocycles. The minimum absolute atomic E-state index is 0.0479. The molecule has 1 atom stereocenters. The Bertz CT molecular complexity index is 1290. The zero-order valence-corrected chi connectivity index (χ0v) is 20.4. The summed E-state index contributed by atoms with van der Waals surface area (Å²) in [6.07, 6.45) is -0.704. The van der Waals surface area contributed by atoms with Crippen molar-refractivity contribution in [1.82, 2.24) is 24.5 Å². The molecule has 1 saturated heterocycles. The van der Waals surface area contributed by atoms with Gasteiger partial charge in [0.2, 0.25) is 5.95 Å². The molecule has 10 nitrogen and oxygen atoms in total. The minimum atomic E-state index is -2.94. The van der Waals surface area contributed by atoms with Crippen molar-refractivity contribution in [2.75, 3.05) is 49.2 Å². The van der Waals surface area contributed by atoms with Crippen LogP contribution in [0, 0.1) is 11.4 Å². The predicted molar refractivity (Wildman–Crippen MR) is 133 cm³/mol. The molecule has 0 radical (unpaired) electrons. The molecule has 1 aliphatic heterocycles. The Morgan fingerprint density at radius 2 is 2.03 bits per heavy atom. The maximum atomic E-state index is 14.6. The molecular formula is C23H28F4N10. The van der Waals surface area contributed by atoms with E-state index in [1.807, 2.05) is 6.92 Å². The van der Waals surface area contributed by atoms with Gasteiger partial charge in [-0.2, -0.15) is 10.1 Å². The van der Waals surface area contributed by atoms with Gasteiger partial charge in [-0.15, -0.1) is 5.10 Å². The molecule has 0 saturated carbocycles. The summed E-state index contributed by atoms with van der Waals surface area (Å²) in [7, 11) is 1.66. The van der Waals surface area contributed by atoms with Gasteiger partial charge in [0.15, 0.2) is 11.6 Å². The van der Waals surface area contributed by atoms with E-state index in [2.05, 4.69) is 42.7 Å². The second-order valence-electron chi connectivity index (χ2n) is 8.78. The smallest absolute Gasteiger partial charge is 0.268 e. The second kappa shape index (κ2) is 10.7. The molecule has 0 amide bonds. The molecule has 4 heterocycles. The maximum absolute atomic E-state index is 14.6. The molecule has 3 aromatic heterocycles. The summed E-state index contributed by atoms with van der Waals surface area (Å²) in [4.78, 5) is 10.5. The topological polar surface area (TPSA) is 119 Å². The SMILES string of the molecule is C=C(Nc1nc(NCC)c2c(-c3ccc(N=N)c(NCC(F)F)n3)ccn2n1)[C@@H]1CCN(C)CC1(F)F. The van der Waals surface area contributed by atoms with Gasteiger partial charge in [0, 0.05) is 24.0 Å². The molecule has 4 rings (SSSR count). The molecule has 3 aromatic rings. The van der Waals surface area contributed by atoms with Crippen LogP contribution in [0.25, 0.3) is 16.8 Å². The molecular weight excluding hydrogens is 492 g/mol. The molecule has 1 aliphatic rings. The molecule has 37 heavy (non-hydrogen) atoms. The molecule has 4 N–H and O–H groups in total. The van der Waals surface area contributed by atoms with Crippen LogP contribution in [-0.2, 0) is 0 Å². The number of rotatable bonds is 10. The van der Waals surface area contributed by atoms with E-state index in [1.54, 1.807) is 30.3 Å². The van der Waals surface area contributed by atoms with Crippen molar-refractivity contribution >= 4 is 28.8 Å². The Labute approximate surface area is 210 Å². The van der Waals surface area contributed by atoms with E-state index in [0.717, 1.165) is 0 Å². The highest BCUT2D eigenvalue weighted by molar-refractivity contribution is 5.88. The number of fused-ring (bicyclic) bond motifs is 1. The molecule has 0 unspecified atom stereocenters. The van der Waals surface area contributed by atoms with E-state index < -0.39 is 24.8 Å². The third-order valence-electron chi connectivity index (χ3n) is 6.03. The van der Waals surface area contributed by atoms with E-state index in [1.165, 1.54) is 10.6 Å². The number of likely N-dealkylation sites (tertiary alicyclic amines) is 1. The van der Waals surface area contributed by atoms with Crippen molar-refractivity contribution in [2.24, 2.45) is 11.0 Å². The van der Waals surface area contributed by atoms with Gasteiger partial charge in [-0.05, 0) is 45.1 Å². The van der Waals surface area contributed by atoms with Gasteiger partial charge >= 0.3 is 0 Å². The van der Waals surface area contributed by atoms with Crippen molar-refractivity contribution in [3.05, 3.63) is 36.7 Å². The van der Waals surface area contributed by atoms with E-state index in [0.29, 0.717) is 35.7 Å². The van der Waals surface area contributed by atoms with E-state index >= 15 is 0 Å². The fourth-order valence-corrected chi connectivity index (χ4v) is 4.34. The summed E-state index contributed by atoms with van der Waals surface area (Å²) >= 11 is 0. The van der Waals surface area contributed by atoms with Crippen molar-refractivity contribution < 1.29 is 17.6 Å². The van der Waals surface area contributed by atoms with E-state index in [-0.39, 0.29) is 36.1 Å². The average molecular weight is 521 g/mol. The standard InChI is InChI=1S/C23H28F4N10/c1-4-29-21-19-14(16-5-6-17(34-28)20(32-16)30-11-18(24)25)7-10-37(19)35-22(33-21)31-13(2)15-8-9-36(3)12-23(15,26)27/h5-7,10,15,18,28H,2,4,8-9,11-12H2,1,3H3,(H,30,32)(H2,29,31,33,35)/t15-/m0/s1. The Hall–Kier alpha value is -3.81. The van der Waals surface area contributed by atoms with Gasteiger partial charge in [0.05, 0.1) is 24.7 Å². The number of aromatic nitrogens is 4. The zero-order chi connectivity index (χ0) is 26.7. The van der Waals surface area contributed by atoms with Crippen LogP contribution in [0.3, 0.4) is 0 Å². The third-order valence-corrected chi connectivity index (χ3v) is 6.03. The molecule has 0 spiro atoms. The lowest BCUT2D eigenvalue weighted by Crippen LogP contribution is -2.48. The highest BCUT2D eigenvalue weighted by Crippen LogP contribution is 2.37. The highest BCUT2D eigenvalue weighted by Gasteiger charge is 2.45. The summed E-state index contributed by atoms with van der Waals surface area (Å²) in [6, 6.07) is 4.84. The van der Waals surface area contributed by atoms with Crippen LogP contribution >= 0.6 is 0 Å². The summed E-state index contributed by atoms with van der Waals surface area (Å²) in [5.74, 6) is -3.44. The summed E-state index contributed by atoms with van der Waals surface area (Å²) in [5, 5.41) is 16.3. The lowest BCUT2D eigenvalue weighted by Gasteiger charge is -2.37. The molecule has 198 valence electrons. The molecule has 0 bridgehead atoms. The Balaban J connectivity index is 1.68. The lowest BCUT2D eigenvalue weighted by molar-refractivity contribution is -0.0916. The van der Waals surface area contributed by atoms with Gasteiger partial charge in [-0.3, -0.25) is 0 Å². The van der Waals surface area contributed by atoms with Gasteiger partial charge in [0.1, 0.15) is 11.2 Å². The number of halogens is 4. The van der Waals surface area contributed by atoms with Crippen LogP contribution in [0.5, 0.6) is 0 Å². The van der Waals surface area contributed by atoms with Crippen molar-refractivity contribution in [3.8, 4) is 11.3 Å². The largest absolute Gasteiger partial charge is 0.368 e. The number of anilines is 3. The van der Waals surface area contributed by atoms with Crippen molar-refractivity contribution in [3.63, 3.8) is 0 Å². The van der Waals surface area contributed by atoms with Crippen LogP contribution in [0.1, 0.15) is 13.3 Å². The first kappa shape index (κ1) is 26.3. The fourth-order valence-electron chi connectivity index (χ4n) is 4.34. The first-order chi connectivity index (χ1) is 17.6. The summed E-state index contributed by atoms with van der Waals surface area (Å²) in [5.41, 5.74) is 9.10. The van der Waals surface area contributed by atoms with Crippen molar-refractivity contribution in [2.45, 2.75) is 25.7 Å². The number of nitrogens with zero attached hydrogens (tertiary/aromatic N) is 6. The van der Waals surface area contributed by atoms with Crippen LogP contribution in [0.2, 0.25) is 0 Å². The van der Waals surface area contributed by atoms with Gasteiger partial charge < -0.3 is 20.9 Å². The second-order valence-corrected chi connectivity index (χ2v) is 8.78. The van der Waals surface area contributed by atoms with E-state index in [4.69, 9.17) is 5.53 Å². The van der Waals surface area contributed by atoms with Gasteiger partial charge in [0.25, 0.3) is 12.3 Å². The molecule has 14 heteroatoms. The third kappa shape index (κ3) is 5.63. The Morgan fingerprint density at radius 1 is 1.24 bits per heavy atom. The predicted octanol–water partition coefficient (Wildman–Crippen LogP) is 5.08. The van der Waals surface area contributed by atoms with Crippen molar-refractivity contribution in [1.29, 1.82) is 5.53 Å². The normalized spacial score (nSPS) is 17.6. The minimum Gasteiger partial charge on any atom is -0.368 e. The monoisotopic (exact) mass is 520 g/mol. The number of hydrogen-bond acceptors (Lipinski definition) is 9. The van der Waals surface area contributed by atoms with Gasteiger partial charge in [-0.1, -0.05) is 6.58 Å².